The maximum Gasteiger partial charge on any atom is 0.341 e. The number of halogens is 1. The first-order chi connectivity index (χ1) is 6.27. The van der Waals surface area contributed by atoms with Gasteiger partial charge in [0.25, 0.3) is 0 Å². The van der Waals surface area contributed by atoms with Gasteiger partial charge in [0.2, 0.25) is 0 Å². The minimum atomic E-state index is -1.38. The molecular formula is C10H9FO2. The summed E-state index contributed by atoms with van der Waals surface area (Å²) in [5.74, 6) is 0.629. The van der Waals surface area contributed by atoms with Gasteiger partial charge < -0.3 is 4.74 Å². The first-order valence-corrected chi connectivity index (χ1v) is 4.21. The van der Waals surface area contributed by atoms with E-state index in [2.05, 4.69) is 0 Å². The van der Waals surface area contributed by atoms with Crippen molar-refractivity contribution >= 4 is 6.04 Å². The molecule has 0 amide bonds. The average molecular weight is 180 g/mol. The highest BCUT2D eigenvalue weighted by molar-refractivity contribution is 5.74. The van der Waals surface area contributed by atoms with E-state index >= 15 is 0 Å². The summed E-state index contributed by atoms with van der Waals surface area (Å²) in [6, 6.07) is 6.01. The number of carbonyl (C=O) groups excluding carboxylic acids is 1. The van der Waals surface area contributed by atoms with Gasteiger partial charge >= 0.3 is 6.04 Å². The van der Waals surface area contributed by atoms with E-state index < -0.39 is 12.1 Å². The third-order valence-corrected chi connectivity index (χ3v) is 2.17. The molecule has 0 bridgehead atoms. The molecule has 1 aromatic rings. The molecule has 0 fully saturated rings. The van der Waals surface area contributed by atoms with E-state index in [9.17, 15) is 9.18 Å². The highest BCUT2D eigenvalue weighted by Gasteiger charge is 2.25. The van der Waals surface area contributed by atoms with Gasteiger partial charge in [-0.15, -0.1) is 0 Å². The Morgan fingerprint density at radius 1 is 1.46 bits per heavy atom. The number of rotatable bonds is 1. The van der Waals surface area contributed by atoms with Gasteiger partial charge in [-0.1, -0.05) is 18.2 Å². The van der Waals surface area contributed by atoms with Crippen molar-refractivity contribution in [2.45, 2.75) is 18.9 Å². The molecule has 0 N–H and O–H groups in total. The second kappa shape index (κ2) is 3.17. The van der Waals surface area contributed by atoms with Crippen molar-refractivity contribution in [3.05, 3.63) is 29.8 Å². The number of hydrogen-bond donors (Lipinski definition) is 0. The number of hydrogen-bond acceptors (Lipinski definition) is 2. The molecule has 0 aromatic heterocycles. The van der Waals surface area contributed by atoms with Crippen molar-refractivity contribution in [2.24, 2.45) is 0 Å². The summed E-state index contributed by atoms with van der Waals surface area (Å²) in [7, 11) is 0. The Labute approximate surface area is 75.3 Å². The van der Waals surface area contributed by atoms with Crippen LogP contribution < -0.4 is 4.74 Å². The monoisotopic (exact) mass is 180 g/mol. The summed E-state index contributed by atoms with van der Waals surface area (Å²) >= 11 is 0. The second-order valence-electron chi connectivity index (χ2n) is 3.06. The Bertz CT molecular complexity index is 335. The minimum Gasteiger partial charge on any atom is -0.479 e. The largest absolute Gasteiger partial charge is 0.479 e. The van der Waals surface area contributed by atoms with Gasteiger partial charge in [0.05, 0.1) is 0 Å². The van der Waals surface area contributed by atoms with Crippen molar-refractivity contribution in [2.75, 3.05) is 0 Å². The second-order valence-corrected chi connectivity index (χ2v) is 3.06. The van der Waals surface area contributed by atoms with E-state index in [1.54, 1.807) is 6.07 Å². The molecule has 1 aliphatic rings. The van der Waals surface area contributed by atoms with Crippen molar-refractivity contribution in [1.29, 1.82) is 0 Å². The van der Waals surface area contributed by atoms with Gasteiger partial charge in [0.1, 0.15) is 5.75 Å². The van der Waals surface area contributed by atoms with Crippen LogP contribution >= 0.6 is 0 Å². The van der Waals surface area contributed by atoms with Crippen LogP contribution in [0.3, 0.4) is 0 Å². The fraction of sp³-hybridized carbons (Fsp3) is 0.300. The zero-order valence-corrected chi connectivity index (χ0v) is 7.00. The predicted molar refractivity (Wildman–Crippen MR) is 45.3 cm³/mol. The molecule has 1 heterocycles. The quantitative estimate of drug-likeness (QED) is 0.617. The molecular weight excluding hydrogens is 171 g/mol. The van der Waals surface area contributed by atoms with Crippen LogP contribution in [0.2, 0.25) is 0 Å². The van der Waals surface area contributed by atoms with E-state index in [4.69, 9.17) is 4.74 Å². The number of carbonyl (C=O) groups is 1. The third-order valence-electron chi connectivity index (χ3n) is 2.17. The Kier molecular flexibility index (Phi) is 2.00. The predicted octanol–water partition coefficient (Wildman–Crippen LogP) is 1.88. The molecule has 1 unspecified atom stereocenters. The van der Waals surface area contributed by atoms with Crippen LogP contribution in [0, 0.1) is 0 Å². The zero-order chi connectivity index (χ0) is 9.26. The topological polar surface area (TPSA) is 26.3 Å². The molecule has 1 aromatic carbocycles. The fourth-order valence-corrected chi connectivity index (χ4v) is 1.48. The Hall–Kier alpha value is -1.38. The number of ether oxygens (including phenoxy) is 1. The van der Waals surface area contributed by atoms with Crippen molar-refractivity contribution in [3.63, 3.8) is 0 Å². The Balaban J connectivity index is 2.24. The maximum atomic E-state index is 12.3. The molecule has 1 atom stereocenters. The molecule has 68 valence electrons. The number of benzene rings is 1. The first-order valence-electron chi connectivity index (χ1n) is 4.21. The Morgan fingerprint density at radius 3 is 3.00 bits per heavy atom. The average Bonchev–Trinajstić information content (AvgIpc) is 2.17. The standard InChI is InChI=1S/C10H9FO2/c11-10(12)9-6-5-7-3-1-2-4-8(7)13-9/h1-4,9H,5-6H2. The van der Waals surface area contributed by atoms with Crippen molar-refractivity contribution < 1.29 is 13.9 Å². The highest BCUT2D eigenvalue weighted by atomic mass is 19.1. The van der Waals surface area contributed by atoms with Crippen LogP contribution in [0.5, 0.6) is 5.75 Å². The van der Waals surface area contributed by atoms with Gasteiger partial charge in [-0.2, -0.15) is 4.39 Å². The van der Waals surface area contributed by atoms with Crippen LogP contribution in [0.25, 0.3) is 0 Å². The van der Waals surface area contributed by atoms with E-state index in [0.29, 0.717) is 18.6 Å². The molecule has 2 nitrogen and oxygen atoms in total. The van der Waals surface area contributed by atoms with E-state index in [1.165, 1.54) is 0 Å². The fourth-order valence-electron chi connectivity index (χ4n) is 1.48. The number of fused-ring (bicyclic) bond motifs is 1. The zero-order valence-electron chi connectivity index (χ0n) is 7.00. The molecule has 1 aliphatic heterocycles. The smallest absolute Gasteiger partial charge is 0.341 e. The van der Waals surface area contributed by atoms with Gasteiger partial charge in [-0.25, -0.2) is 0 Å². The molecule has 3 heteroatoms. The summed E-state index contributed by atoms with van der Waals surface area (Å²) in [6.07, 6.45) is 0.248. The summed E-state index contributed by atoms with van der Waals surface area (Å²) in [5, 5.41) is 0. The summed E-state index contributed by atoms with van der Waals surface area (Å²) < 4.78 is 17.5. The molecule has 0 spiro atoms. The van der Waals surface area contributed by atoms with Gasteiger partial charge in [0, 0.05) is 0 Å². The van der Waals surface area contributed by atoms with Gasteiger partial charge in [0.15, 0.2) is 6.10 Å². The van der Waals surface area contributed by atoms with E-state index in [0.717, 1.165) is 5.56 Å². The van der Waals surface area contributed by atoms with Crippen LogP contribution in [0.15, 0.2) is 24.3 Å². The van der Waals surface area contributed by atoms with E-state index in [-0.39, 0.29) is 0 Å². The van der Waals surface area contributed by atoms with Crippen LogP contribution in [0.4, 0.5) is 4.39 Å². The molecule has 0 radical (unpaired) electrons. The number of para-hydroxylation sites is 1. The van der Waals surface area contributed by atoms with Crippen LogP contribution in [-0.4, -0.2) is 12.1 Å². The molecule has 0 aliphatic carbocycles. The van der Waals surface area contributed by atoms with Crippen LogP contribution in [0.1, 0.15) is 12.0 Å². The number of aryl methyl sites for hydroxylation is 1. The van der Waals surface area contributed by atoms with Crippen LogP contribution in [-0.2, 0) is 11.2 Å². The van der Waals surface area contributed by atoms with Gasteiger partial charge in [-0.3, -0.25) is 4.79 Å². The van der Waals surface area contributed by atoms with Gasteiger partial charge in [-0.05, 0) is 24.5 Å². The Morgan fingerprint density at radius 2 is 2.23 bits per heavy atom. The summed E-state index contributed by atoms with van der Waals surface area (Å²) in [6.45, 7) is 0. The molecule has 2 rings (SSSR count). The molecule has 13 heavy (non-hydrogen) atoms. The first kappa shape index (κ1) is 8.23. The minimum absolute atomic E-state index is 0.437. The third kappa shape index (κ3) is 1.54. The normalized spacial score (nSPS) is 20.2. The van der Waals surface area contributed by atoms with E-state index in [1.807, 2.05) is 18.2 Å². The maximum absolute atomic E-state index is 12.3. The van der Waals surface area contributed by atoms with Crippen molar-refractivity contribution in [3.8, 4) is 5.75 Å². The summed E-state index contributed by atoms with van der Waals surface area (Å²) in [4.78, 5) is 10.4. The molecule has 0 saturated carbocycles. The van der Waals surface area contributed by atoms with Crippen molar-refractivity contribution in [1.82, 2.24) is 0 Å². The lowest BCUT2D eigenvalue weighted by atomic mass is 10.0. The molecule has 0 saturated heterocycles. The lowest BCUT2D eigenvalue weighted by Crippen LogP contribution is -2.28. The lowest BCUT2D eigenvalue weighted by Gasteiger charge is -2.22. The SMILES string of the molecule is O=C(F)C1CCc2ccccc2O1. The highest BCUT2D eigenvalue weighted by Crippen LogP contribution is 2.27. The summed E-state index contributed by atoms with van der Waals surface area (Å²) in [5.41, 5.74) is 1.04. The lowest BCUT2D eigenvalue weighted by molar-refractivity contribution is -0.137.